The number of hydrogen-bond donors (Lipinski definition) is 0. The fourth-order valence-electron chi connectivity index (χ4n) is 6.80. The molecule has 0 N–H and O–H groups in total. The molecule has 0 heterocycles. The van der Waals surface area contributed by atoms with Crippen LogP contribution < -0.4 is 0 Å². The van der Waals surface area contributed by atoms with Gasteiger partial charge in [-0.25, -0.2) is 0 Å². The lowest BCUT2D eigenvalue weighted by Crippen LogP contribution is -1.90. The summed E-state index contributed by atoms with van der Waals surface area (Å²) >= 11 is 0. The number of fused-ring (bicyclic) bond motifs is 2. The third-order valence-corrected chi connectivity index (χ3v) is 9.43. The zero-order valence-electron chi connectivity index (χ0n) is 28.2. The van der Waals surface area contributed by atoms with Crippen molar-refractivity contribution in [3.8, 4) is 79.3 Å². The van der Waals surface area contributed by atoms with Crippen LogP contribution in [0, 0.1) is 30.6 Å². The topological polar surface area (TPSA) is 0 Å². The Kier molecular flexibility index (Phi) is 8.29. The number of benzene rings is 8. The Bertz CT molecular complexity index is 2560. The van der Waals surface area contributed by atoms with E-state index in [0.717, 1.165) is 11.1 Å². The highest BCUT2D eigenvalue weighted by Crippen LogP contribution is 2.40. The van der Waals surface area contributed by atoms with Gasteiger partial charge in [-0.05, 0) is 139 Å². The van der Waals surface area contributed by atoms with Crippen molar-refractivity contribution in [1.29, 1.82) is 0 Å². The van der Waals surface area contributed by atoms with Gasteiger partial charge in [-0.15, -0.1) is 0 Å². The summed E-state index contributed by atoms with van der Waals surface area (Å²) in [6.45, 7) is 3.93. The highest BCUT2D eigenvalue weighted by molar-refractivity contribution is 6.13. The Morgan fingerprint density at radius 3 is 1.24 bits per heavy atom. The van der Waals surface area contributed by atoms with Gasteiger partial charge in [0, 0.05) is 5.56 Å². The molecule has 0 bridgehead atoms. The maximum absolute atomic E-state index is 3.10. The van der Waals surface area contributed by atoms with E-state index in [1.165, 1.54) is 77.2 Å². The number of rotatable bonds is 5. The molecule has 0 saturated carbocycles. The van der Waals surface area contributed by atoms with Crippen LogP contribution in [0.15, 0.2) is 170 Å². The highest BCUT2D eigenvalue weighted by Gasteiger charge is 2.14. The van der Waals surface area contributed by atoms with Crippen LogP contribution in [-0.2, 0) is 0 Å². The highest BCUT2D eigenvalue weighted by atomic mass is 14.2. The summed E-state index contributed by atoms with van der Waals surface area (Å²) in [5.41, 5.74) is 14.2. The Morgan fingerprint density at radius 2 is 0.760 bits per heavy atom. The van der Waals surface area contributed by atoms with Crippen LogP contribution in [0.25, 0.3) is 77.2 Å². The maximum atomic E-state index is 3.10. The molecule has 0 unspecified atom stereocenters. The molecule has 234 valence electrons. The fraction of sp³-hybridized carbons (Fsp3) is 0.0400. The minimum absolute atomic E-state index is 0.963. The molecule has 8 rings (SSSR count). The van der Waals surface area contributed by atoms with Gasteiger partial charge < -0.3 is 0 Å². The largest absolute Gasteiger partial charge is 0.0925 e. The van der Waals surface area contributed by atoms with E-state index in [1.807, 2.05) is 0 Å². The van der Waals surface area contributed by atoms with E-state index in [4.69, 9.17) is 0 Å². The minimum atomic E-state index is 0.963. The molecule has 0 aliphatic heterocycles. The Labute approximate surface area is 294 Å². The third kappa shape index (κ3) is 6.20. The van der Waals surface area contributed by atoms with E-state index < -0.39 is 0 Å². The Balaban J connectivity index is 1.25. The quantitative estimate of drug-likeness (QED) is 0.131. The van der Waals surface area contributed by atoms with Crippen molar-refractivity contribution in [2.45, 2.75) is 13.8 Å². The standard InChI is InChI=1S/C50H34/c1-3-4-5-10-36-17-21-38(22-18-36)40-25-29-42(30-26-40)46-32-45(41-27-23-39(24-28-41)37-19-15-35(2)16-20-37)33-47(34-46)50-48-13-8-6-11-43(48)31-44-12-7-9-14-49(44)50/h6-9,11-34H,1-2H3. The van der Waals surface area contributed by atoms with E-state index in [9.17, 15) is 0 Å². The molecule has 0 nitrogen and oxygen atoms in total. The minimum Gasteiger partial charge on any atom is -0.0925 e. The zero-order valence-corrected chi connectivity index (χ0v) is 28.2. The second-order valence-electron chi connectivity index (χ2n) is 12.7. The SMILES string of the molecule is CC#CC#Cc1ccc(-c2ccc(-c3cc(-c4ccc(-c5ccc(C)cc5)cc4)cc(-c4c5ccccc5cc5ccccc45)c3)cc2)cc1. The average Bonchev–Trinajstić information content (AvgIpc) is 3.17. The van der Waals surface area contributed by atoms with Gasteiger partial charge in [0.25, 0.3) is 0 Å². The first-order valence-electron chi connectivity index (χ1n) is 17.0. The lowest BCUT2D eigenvalue weighted by molar-refractivity contribution is 1.47. The maximum Gasteiger partial charge on any atom is 0.0255 e. The molecular formula is C50H34. The molecule has 50 heavy (non-hydrogen) atoms. The zero-order chi connectivity index (χ0) is 33.9. The van der Waals surface area contributed by atoms with E-state index in [1.54, 1.807) is 6.92 Å². The molecule has 0 radical (unpaired) electrons. The number of hydrogen-bond acceptors (Lipinski definition) is 0. The Hall–Kier alpha value is -6.60. The smallest absolute Gasteiger partial charge is 0.0255 e. The molecule has 0 heteroatoms. The van der Waals surface area contributed by atoms with Crippen molar-refractivity contribution in [2.75, 3.05) is 0 Å². The van der Waals surface area contributed by atoms with E-state index in [2.05, 4.69) is 200 Å². The van der Waals surface area contributed by atoms with Gasteiger partial charge in [0.05, 0.1) is 0 Å². The van der Waals surface area contributed by atoms with Crippen LogP contribution in [0.2, 0.25) is 0 Å². The third-order valence-electron chi connectivity index (χ3n) is 9.43. The van der Waals surface area contributed by atoms with E-state index in [0.29, 0.717) is 0 Å². The monoisotopic (exact) mass is 634 g/mol. The van der Waals surface area contributed by atoms with Gasteiger partial charge in [0.2, 0.25) is 0 Å². The molecule has 0 aliphatic rings. The Morgan fingerprint density at radius 1 is 0.360 bits per heavy atom. The van der Waals surface area contributed by atoms with E-state index >= 15 is 0 Å². The molecule has 0 atom stereocenters. The van der Waals surface area contributed by atoms with E-state index in [-0.39, 0.29) is 0 Å². The molecule has 8 aromatic carbocycles. The predicted octanol–water partition coefficient (Wildman–Crippen LogP) is 13.0. The van der Waals surface area contributed by atoms with Gasteiger partial charge in [0.15, 0.2) is 0 Å². The van der Waals surface area contributed by atoms with Crippen molar-refractivity contribution in [1.82, 2.24) is 0 Å². The lowest BCUT2D eigenvalue weighted by Gasteiger charge is -2.16. The molecule has 0 aromatic heterocycles. The molecule has 0 spiro atoms. The molecule has 0 saturated heterocycles. The average molecular weight is 635 g/mol. The summed E-state index contributed by atoms with van der Waals surface area (Å²) in [6.07, 6.45) is 0. The van der Waals surface area contributed by atoms with Crippen molar-refractivity contribution < 1.29 is 0 Å². The van der Waals surface area contributed by atoms with Crippen LogP contribution in [0.4, 0.5) is 0 Å². The van der Waals surface area contributed by atoms with Crippen molar-refractivity contribution >= 4 is 21.5 Å². The first kappa shape index (κ1) is 30.7. The van der Waals surface area contributed by atoms with Gasteiger partial charge >= 0.3 is 0 Å². The molecule has 0 aliphatic carbocycles. The first-order valence-corrected chi connectivity index (χ1v) is 17.0. The second-order valence-corrected chi connectivity index (χ2v) is 12.7. The predicted molar refractivity (Wildman–Crippen MR) is 214 cm³/mol. The van der Waals surface area contributed by atoms with Crippen molar-refractivity contribution in [2.24, 2.45) is 0 Å². The second kappa shape index (κ2) is 13.5. The first-order chi connectivity index (χ1) is 24.6. The van der Waals surface area contributed by atoms with Crippen LogP contribution in [0.1, 0.15) is 18.1 Å². The summed E-state index contributed by atoms with van der Waals surface area (Å²) in [5, 5.41) is 5.01. The summed E-state index contributed by atoms with van der Waals surface area (Å²) < 4.78 is 0. The van der Waals surface area contributed by atoms with Gasteiger partial charge in [-0.1, -0.05) is 151 Å². The summed E-state index contributed by atoms with van der Waals surface area (Å²) in [4.78, 5) is 0. The van der Waals surface area contributed by atoms with Crippen molar-refractivity contribution in [3.05, 3.63) is 181 Å². The van der Waals surface area contributed by atoms with Gasteiger partial charge in [-0.2, -0.15) is 0 Å². The molecule has 8 aromatic rings. The van der Waals surface area contributed by atoms with Crippen LogP contribution >= 0.6 is 0 Å². The fourth-order valence-corrected chi connectivity index (χ4v) is 6.80. The summed E-state index contributed by atoms with van der Waals surface area (Å²) in [6, 6.07) is 61.9. The van der Waals surface area contributed by atoms with Crippen LogP contribution in [0.3, 0.4) is 0 Å². The van der Waals surface area contributed by atoms with Gasteiger partial charge in [-0.3, -0.25) is 0 Å². The number of aryl methyl sites for hydroxylation is 1. The lowest BCUT2D eigenvalue weighted by atomic mass is 9.88. The summed E-state index contributed by atoms with van der Waals surface area (Å²) in [5.74, 6) is 11.6. The van der Waals surface area contributed by atoms with Crippen molar-refractivity contribution in [3.63, 3.8) is 0 Å². The van der Waals surface area contributed by atoms with Crippen LogP contribution in [0.5, 0.6) is 0 Å². The molecule has 0 fully saturated rings. The van der Waals surface area contributed by atoms with Crippen LogP contribution in [-0.4, -0.2) is 0 Å². The summed E-state index contributed by atoms with van der Waals surface area (Å²) in [7, 11) is 0. The molecule has 0 amide bonds. The normalized spacial score (nSPS) is 10.7. The van der Waals surface area contributed by atoms with Gasteiger partial charge in [0.1, 0.15) is 0 Å². The molecular weight excluding hydrogens is 601 g/mol.